The molecule has 1 N–H and O–H groups in total. The first-order valence-corrected chi connectivity index (χ1v) is 10.2. The van der Waals surface area contributed by atoms with Crippen molar-refractivity contribution in [2.75, 3.05) is 43.4 Å². The number of hydrogen-bond donors (Lipinski definition) is 1. The lowest BCUT2D eigenvalue weighted by Crippen LogP contribution is -2.44. The predicted molar refractivity (Wildman–Crippen MR) is 111 cm³/mol. The van der Waals surface area contributed by atoms with E-state index in [1.54, 1.807) is 6.20 Å². The first-order valence-electron chi connectivity index (χ1n) is 9.82. The van der Waals surface area contributed by atoms with Crippen molar-refractivity contribution in [2.24, 2.45) is 0 Å². The molecule has 146 valence electrons. The van der Waals surface area contributed by atoms with Gasteiger partial charge < -0.3 is 19.5 Å². The summed E-state index contributed by atoms with van der Waals surface area (Å²) in [6, 6.07) is 2.37. The third-order valence-electron chi connectivity index (χ3n) is 5.55. The number of likely N-dealkylation sites (N-methyl/N-ethyl adjacent to an activating group) is 1. The second-order valence-corrected chi connectivity index (χ2v) is 8.15. The van der Waals surface area contributed by atoms with E-state index in [1.165, 1.54) is 30.3 Å². The van der Waals surface area contributed by atoms with Gasteiger partial charge in [0.2, 0.25) is 0 Å². The quantitative estimate of drug-likeness (QED) is 0.714. The van der Waals surface area contributed by atoms with Crippen LogP contribution in [0.2, 0.25) is 5.15 Å². The highest BCUT2D eigenvalue weighted by atomic mass is 35.5. The van der Waals surface area contributed by atoms with E-state index in [2.05, 4.69) is 55.0 Å². The first kappa shape index (κ1) is 17.7. The van der Waals surface area contributed by atoms with Crippen LogP contribution >= 0.6 is 11.6 Å². The highest BCUT2D eigenvalue weighted by Crippen LogP contribution is 2.41. The largest absolute Gasteiger partial charge is 0.366 e. The van der Waals surface area contributed by atoms with E-state index >= 15 is 0 Å². The Morgan fingerprint density at radius 1 is 1.11 bits per heavy atom. The van der Waals surface area contributed by atoms with Gasteiger partial charge in [0, 0.05) is 38.6 Å². The van der Waals surface area contributed by atoms with Crippen molar-refractivity contribution in [2.45, 2.75) is 25.3 Å². The third-order valence-corrected chi connectivity index (χ3v) is 5.73. The summed E-state index contributed by atoms with van der Waals surface area (Å²) in [5.74, 6) is 1.36. The Balaban J connectivity index is 1.44. The zero-order chi connectivity index (χ0) is 19.1. The zero-order valence-corrected chi connectivity index (χ0v) is 16.7. The topological polar surface area (TPSA) is 61.6 Å². The monoisotopic (exact) mass is 397 g/mol. The molecule has 3 aromatic heterocycles. The summed E-state index contributed by atoms with van der Waals surface area (Å²) in [6.45, 7) is 4.83. The van der Waals surface area contributed by atoms with Gasteiger partial charge >= 0.3 is 0 Å². The number of piperazine rings is 1. The Labute approximate surface area is 169 Å². The predicted octanol–water partition coefficient (Wildman–Crippen LogP) is 3.02. The van der Waals surface area contributed by atoms with Gasteiger partial charge in [0.25, 0.3) is 0 Å². The number of imidazole rings is 1. The van der Waals surface area contributed by atoms with E-state index in [-0.39, 0.29) is 0 Å². The van der Waals surface area contributed by atoms with Crippen molar-refractivity contribution < 1.29 is 0 Å². The van der Waals surface area contributed by atoms with Crippen molar-refractivity contribution in [3.63, 3.8) is 0 Å². The van der Waals surface area contributed by atoms with Gasteiger partial charge in [-0.25, -0.2) is 9.97 Å². The lowest BCUT2D eigenvalue weighted by molar-refractivity contribution is 0.313. The van der Waals surface area contributed by atoms with Gasteiger partial charge in [-0.15, -0.1) is 0 Å². The summed E-state index contributed by atoms with van der Waals surface area (Å²) in [7, 11) is 2.19. The molecule has 0 unspecified atom stereocenters. The molecule has 8 heteroatoms. The molecule has 4 heterocycles. The molecule has 7 nitrogen and oxygen atoms in total. The van der Waals surface area contributed by atoms with E-state index in [1.807, 2.05) is 0 Å². The molecule has 0 aromatic carbocycles. The lowest BCUT2D eigenvalue weighted by Gasteiger charge is -2.34. The number of pyridine rings is 1. The molecule has 3 aromatic rings. The number of nitrogens with one attached hydrogen (secondary N) is 1. The average molecular weight is 398 g/mol. The Morgan fingerprint density at radius 3 is 2.68 bits per heavy atom. The molecule has 1 saturated heterocycles. The number of nitrogens with zero attached hydrogens (tertiary/aromatic N) is 6. The van der Waals surface area contributed by atoms with Crippen LogP contribution in [0.15, 0.2) is 30.9 Å². The number of hydrogen-bond acceptors (Lipinski definition) is 6. The summed E-state index contributed by atoms with van der Waals surface area (Å²) in [5.41, 5.74) is 4.69. The number of rotatable bonds is 5. The smallest absolute Gasteiger partial charge is 0.160 e. The summed E-state index contributed by atoms with van der Waals surface area (Å²) >= 11 is 5.92. The number of anilines is 2. The molecule has 2 fully saturated rings. The number of fused-ring (bicyclic) bond motifs is 1. The van der Waals surface area contributed by atoms with Crippen LogP contribution in [0.5, 0.6) is 0 Å². The molecule has 1 aliphatic heterocycles. The van der Waals surface area contributed by atoms with E-state index in [9.17, 15) is 0 Å². The second kappa shape index (κ2) is 7.22. The fourth-order valence-electron chi connectivity index (χ4n) is 3.77. The molecule has 0 amide bonds. The highest BCUT2D eigenvalue weighted by molar-refractivity contribution is 6.29. The van der Waals surface area contributed by atoms with Crippen molar-refractivity contribution in [3.8, 4) is 0 Å². The molecule has 5 rings (SSSR count). The van der Waals surface area contributed by atoms with E-state index in [0.29, 0.717) is 23.4 Å². The molecule has 0 bridgehead atoms. The van der Waals surface area contributed by atoms with Crippen LogP contribution < -0.4 is 10.2 Å². The van der Waals surface area contributed by atoms with Crippen molar-refractivity contribution in [1.29, 1.82) is 0 Å². The molecule has 0 spiro atoms. The van der Waals surface area contributed by atoms with Gasteiger partial charge in [0.05, 0.1) is 30.3 Å². The Morgan fingerprint density at radius 2 is 1.93 bits per heavy atom. The molecular weight excluding hydrogens is 374 g/mol. The molecule has 1 saturated carbocycles. The maximum absolute atomic E-state index is 5.92. The third kappa shape index (κ3) is 3.64. The molecule has 0 radical (unpaired) electrons. The summed E-state index contributed by atoms with van der Waals surface area (Å²) < 4.78 is 2.20. The summed E-state index contributed by atoms with van der Waals surface area (Å²) in [4.78, 5) is 18.1. The lowest BCUT2D eigenvalue weighted by atomic mass is 10.1. The van der Waals surface area contributed by atoms with Crippen LogP contribution in [0, 0.1) is 0 Å². The average Bonchev–Trinajstić information content (AvgIpc) is 3.46. The minimum absolute atomic E-state index is 0.381. The summed E-state index contributed by atoms with van der Waals surface area (Å²) in [6.07, 6.45) is 10.2. The minimum atomic E-state index is 0.381. The van der Waals surface area contributed by atoms with Crippen molar-refractivity contribution in [3.05, 3.63) is 47.3 Å². The second-order valence-electron chi connectivity index (χ2n) is 7.77. The zero-order valence-electron chi connectivity index (χ0n) is 16.0. The van der Waals surface area contributed by atoms with Crippen LogP contribution in [-0.4, -0.2) is 57.5 Å². The minimum Gasteiger partial charge on any atom is -0.366 e. The molecule has 28 heavy (non-hydrogen) atoms. The highest BCUT2D eigenvalue weighted by Gasteiger charge is 2.27. The molecule has 2 aliphatic rings. The van der Waals surface area contributed by atoms with Crippen LogP contribution in [0.3, 0.4) is 0 Å². The Bertz CT molecular complexity index is 989. The fraction of sp³-hybridized carbons (Fsp3) is 0.450. The van der Waals surface area contributed by atoms with Crippen LogP contribution in [0.25, 0.3) is 5.65 Å². The van der Waals surface area contributed by atoms with Gasteiger partial charge in [0.1, 0.15) is 11.0 Å². The van der Waals surface area contributed by atoms with Crippen molar-refractivity contribution in [1.82, 2.24) is 24.3 Å². The maximum Gasteiger partial charge on any atom is 0.160 e. The van der Waals surface area contributed by atoms with Gasteiger partial charge in [0.15, 0.2) is 5.65 Å². The Hall–Kier alpha value is -2.38. The molecule has 1 aliphatic carbocycles. The standard InChI is InChI=1S/C20H24ClN7/c1-26-4-6-27(7-5-26)17-8-15(14-2-3-14)12-28-13-16(24-20(17)28)9-23-19-11-22-10-18(21)25-19/h8,10-14H,2-7,9H2,1H3,(H,23,25). The first-order chi connectivity index (χ1) is 13.7. The Kier molecular flexibility index (Phi) is 4.56. The maximum atomic E-state index is 5.92. The molecule has 0 atom stereocenters. The van der Waals surface area contributed by atoms with E-state index in [0.717, 1.165) is 37.5 Å². The van der Waals surface area contributed by atoms with Crippen LogP contribution in [0.1, 0.15) is 30.0 Å². The van der Waals surface area contributed by atoms with Gasteiger partial charge in [-0.2, -0.15) is 0 Å². The SMILES string of the molecule is CN1CCN(c2cc(C3CC3)cn3cc(CNc4cncc(Cl)n4)nc23)CC1. The van der Waals surface area contributed by atoms with Crippen LogP contribution in [-0.2, 0) is 6.54 Å². The molecular formula is C20H24ClN7. The van der Waals surface area contributed by atoms with E-state index < -0.39 is 0 Å². The number of aromatic nitrogens is 4. The summed E-state index contributed by atoms with van der Waals surface area (Å²) in [5, 5.41) is 3.64. The van der Waals surface area contributed by atoms with Gasteiger partial charge in [-0.3, -0.25) is 4.98 Å². The van der Waals surface area contributed by atoms with Crippen LogP contribution in [0.4, 0.5) is 11.5 Å². The van der Waals surface area contributed by atoms with Crippen molar-refractivity contribution >= 4 is 28.8 Å². The fourth-order valence-corrected chi connectivity index (χ4v) is 3.91. The van der Waals surface area contributed by atoms with E-state index in [4.69, 9.17) is 16.6 Å². The normalized spacial score (nSPS) is 18.0. The van der Waals surface area contributed by atoms with Gasteiger partial charge in [-0.1, -0.05) is 11.6 Å². The number of halogens is 1. The van der Waals surface area contributed by atoms with Gasteiger partial charge in [-0.05, 0) is 37.4 Å².